The van der Waals surface area contributed by atoms with Crippen molar-refractivity contribution in [3.05, 3.63) is 80.1 Å². The van der Waals surface area contributed by atoms with E-state index in [0.717, 1.165) is 31.7 Å². The smallest absolute Gasteiger partial charge is 0.257 e. The van der Waals surface area contributed by atoms with Gasteiger partial charge in [-0.2, -0.15) is 0 Å². The van der Waals surface area contributed by atoms with Gasteiger partial charge in [0.1, 0.15) is 11.4 Å². The molecule has 9 heteroatoms. The van der Waals surface area contributed by atoms with E-state index in [4.69, 9.17) is 9.47 Å². The first-order valence-corrected chi connectivity index (χ1v) is 12.7. The van der Waals surface area contributed by atoms with Crippen molar-refractivity contribution < 1.29 is 14.3 Å². The molecule has 0 bridgehead atoms. The van der Waals surface area contributed by atoms with Crippen molar-refractivity contribution in [1.29, 1.82) is 0 Å². The molecule has 2 aliphatic rings. The molecule has 0 aliphatic carbocycles. The van der Waals surface area contributed by atoms with Crippen LogP contribution in [0.25, 0.3) is 0 Å². The number of fused-ring (bicyclic) bond motifs is 1. The second kappa shape index (κ2) is 10.7. The summed E-state index contributed by atoms with van der Waals surface area (Å²) in [6.45, 7) is 6.26. The lowest BCUT2D eigenvalue weighted by molar-refractivity contribution is -0.0395. The van der Waals surface area contributed by atoms with E-state index in [1.54, 1.807) is 18.2 Å². The summed E-state index contributed by atoms with van der Waals surface area (Å²) in [5.74, 6) is 0.202. The van der Waals surface area contributed by atoms with Crippen LogP contribution in [-0.2, 0) is 4.74 Å². The fourth-order valence-electron chi connectivity index (χ4n) is 5.19. The van der Waals surface area contributed by atoms with Gasteiger partial charge < -0.3 is 25.0 Å². The minimum atomic E-state index is -0.599. The van der Waals surface area contributed by atoms with Gasteiger partial charge in [0.15, 0.2) is 5.75 Å². The van der Waals surface area contributed by atoms with Gasteiger partial charge in [-0.1, -0.05) is 43.3 Å². The Bertz CT molecular complexity index is 1330. The quantitative estimate of drug-likeness (QED) is 0.452. The van der Waals surface area contributed by atoms with Crippen LogP contribution in [0.4, 0.5) is 17.1 Å². The molecule has 0 radical (unpaired) electrons. The zero-order chi connectivity index (χ0) is 25.9. The Morgan fingerprint density at radius 1 is 1.05 bits per heavy atom. The number of carbonyl (C=O) groups excluding carboxylic acids is 1. The Morgan fingerprint density at radius 2 is 1.84 bits per heavy atom. The maximum absolute atomic E-state index is 13.5. The highest BCUT2D eigenvalue weighted by molar-refractivity contribution is 5.99. The van der Waals surface area contributed by atoms with E-state index in [2.05, 4.69) is 15.5 Å². The molecule has 2 N–H and O–H groups in total. The minimum Gasteiger partial charge on any atom is -0.494 e. The van der Waals surface area contributed by atoms with Crippen LogP contribution in [0, 0.1) is 0 Å². The van der Waals surface area contributed by atoms with Gasteiger partial charge in [-0.3, -0.25) is 19.3 Å². The molecule has 5 rings (SSSR count). The predicted octanol–water partition coefficient (Wildman–Crippen LogP) is 2.75. The molecule has 2 fully saturated rings. The van der Waals surface area contributed by atoms with Gasteiger partial charge in [0, 0.05) is 26.2 Å². The number of ether oxygens (including phenoxy) is 2. The molecule has 0 saturated carbocycles. The van der Waals surface area contributed by atoms with E-state index in [1.165, 1.54) is 7.11 Å². The lowest BCUT2D eigenvalue weighted by atomic mass is 10.0. The van der Waals surface area contributed by atoms with E-state index >= 15 is 0 Å². The monoisotopic (exact) mass is 504 g/mol. The summed E-state index contributed by atoms with van der Waals surface area (Å²) in [5.41, 5.74) is 1.14. The van der Waals surface area contributed by atoms with Crippen molar-refractivity contribution in [2.24, 2.45) is 0 Å². The van der Waals surface area contributed by atoms with Crippen LogP contribution < -0.4 is 26.2 Å². The lowest BCUT2D eigenvalue weighted by Crippen LogP contribution is -2.59. The molecule has 9 nitrogen and oxygen atoms in total. The van der Waals surface area contributed by atoms with Crippen LogP contribution in [0.3, 0.4) is 0 Å². The second-order valence-corrected chi connectivity index (χ2v) is 9.45. The number of piperazine rings is 1. The highest BCUT2D eigenvalue weighted by Gasteiger charge is 2.33. The Morgan fingerprint density at radius 3 is 2.59 bits per heavy atom. The zero-order valence-corrected chi connectivity index (χ0v) is 21.2. The molecular weight excluding hydrogens is 472 g/mol. The summed E-state index contributed by atoms with van der Waals surface area (Å²) in [4.78, 5) is 42.7. The minimum absolute atomic E-state index is 0.123. The van der Waals surface area contributed by atoms with E-state index in [-0.39, 0.29) is 29.4 Å². The Kier molecular flexibility index (Phi) is 7.25. The third-order valence-corrected chi connectivity index (χ3v) is 7.27. The number of hydrogen-bond acceptors (Lipinski definition) is 8. The van der Waals surface area contributed by atoms with Gasteiger partial charge in [-0.25, -0.2) is 0 Å². The summed E-state index contributed by atoms with van der Waals surface area (Å²) in [6.07, 6.45) is 0.731. The molecular formula is C28H32N4O5. The zero-order valence-electron chi connectivity index (χ0n) is 21.2. The fraction of sp³-hybridized carbons (Fsp3) is 0.393. The third-order valence-electron chi connectivity index (χ3n) is 7.27. The lowest BCUT2D eigenvalue weighted by Gasteiger charge is -2.43. The van der Waals surface area contributed by atoms with Gasteiger partial charge in [0.2, 0.25) is 0 Å². The highest BCUT2D eigenvalue weighted by atomic mass is 16.5. The van der Waals surface area contributed by atoms with E-state index in [9.17, 15) is 14.4 Å². The van der Waals surface area contributed by atoms with Crippen molar-refractivity contribution in [1.82, 2.24) is 9.80 Å². The molecule has 1 amide bonds. The second-order valence-electron chi connectivity index (χ2n) is 9.45. The molecule has 1 unspecified atom stereocenters. The average Bonchev–Trinajstić information content (AvgIpc) is 2.96. The number of hydrogen-bond donors (Lipinski definition) is 2. The normalized spacial score (nSPS) is 18.8. The number of morpholine rings is 1. The van der Waals surface area contributed by atoms with Crippen LogP contribution in [0.1, 0.15) is 35.3 Å². The number of amides is 1. The Labute approximate surface area is 215 Å². The number of rotatable bonds is 8. The topological polar surface area (TPSA) is 100 Å². The molecule has 2 saturated heterocycles. The Hall–Kier alpha value is -3.69. The average molecular weight is 505 g/mol. The molecule has 0 aromatic heterocycles. The summed E-state index contributed by atoms with van der Waals surface area (Å²) < 4.78 is 11.3. The van der Waals surface area contributed by atoms with Crippen LogP contribution >= 0.6 is 0 Å². The van der Waals surface area contributed by atoms with Crippen molar-refractivity contribution in [2.45, 2.75) is 25.4 Å². The first kappa shape index (κ1) is 25.0. The molecule has 2 aliphatic heterocycles. The summed E-state index contributed by atoms with van der Waals surface area (Å²) in [5, 5.41) is 6.31. The van der Waals surface area contributed by atoms with Crippen molar-refractivity contribution in [2.75, 3.05) is 57.1 Å². The molecule has 37 heavy (non-hydrogen) atoms. The van der Waals surface area contributed by atoms with Gasteiger partial charge in [0.05, 0.1) is 43.7 Å². The highest BCUT2D eigenvalue weighted by Crippen LogP contribution is 2.34. The van der Waals surface area contributed by atoms with Gasteiger partial charge in [0.25, 0.3) is 16.8 Å². The van der Waals surface area contributed by atoms with Gasteiger partial charge in [-0.05, 0) is 24.1 Å². The number of carbonyl (C=O) groups is 1. The first-order chi connectivity index (χ1) is 18.0. The maximum atomic E-state index is 13.5. The number of nitrogens with one attached hydrogen (secondary N) is 2. The van der Waals surface area contributed by atoms with Crippen LogP contribution in [0.2, 0.25) is 0 Å². The van der Waals surface area contributed by atoms with Crippen molar-refractivity contribution >= 4 is 23.0 Å². The number of para-hydroxylation sites is 1. The number of nitrogens with zero attached hydrogens (tertiary/aromatic N) is 2. The first-order valence-electron chi connectivity index (χ1n) is 12.7. The van der Waals surface area contributed by atoms with Crippen LogP contribution in [-0.4, -0.2) is 68.3 Å². The molecule has 3 aromatic carbocycles. The van der Waals surface area contributed by atoms with Gasteiger partial charge >= 0.3 is 0 Å². The molecule has 0 spiro atoms. The predicted molar refractivity (Wildman–Crippen MR) is 143 cm³/mol. The van der Waals surface area contributed by atoms with Crippen LogP contribution in [0.15, 0.2) is 58.1 Å². The number of benzene rings is 2. The van der Waals surface area contributed by atoms with Gasteiger partial charge in [-0.15, -0.1) is 0 Å². The van der Waals surface area contributed by atoms with Crippen molar-refractivity contribution in [3.8, 4) is 5.75 Å². The standard InChI is InChI=1S/C28H32N4O5/c1-3-21(18-8-5-4-6-9-18)29-23-24(26(34)25(23)33)30-22-11-7-10-20(27(22)36-2)28(35)32-13-12-31-14-15-37-17-19(31)16-32/h4-11,19,21,29-30H,3,12-17H2,1-2H3/t19?,21-/m1/s1. The summed E-state index contributed by atoms with van der Waals surface area (Å²) in [7, 11) is 1.49. The summed E-state index contributed by atoms with van der Waals surface area (Å²) >= 11 is 0. The fourth-order valence-corrected chi connectivity index (χ4v) is 5.19. The largest absolute Gasteiger partial charge is 0.494 e. The Balaban J connectivity index is 1.38. The van der Waals surface area contributed by atoms with E-state index < -0.39 is 10.9 Å². The maximum Gasteiger partial charge on any atom is 0.257 e. The summed E-state index contributed by atoms with van der Waals surface area (Å²) in [6, 6.07) is 15.0. The van der Waals surface area contributed by atoms with E-state index in [0.29, 0.717) is 36.7 Å². The van der Waals surface area contributed by atoms with Crippen molar-refractivity contribution in [3.63, 3.8) is 0 Å². The molecule has 194 valence electrons. The number of anilines is 3. The van der Waals surface area contributed by atoms with Crippen LogP contribution in [0.5, 0.6) is 5.75 Å². The SMILES string of the molecule is CC[C@@H](Nc1c(Nc2cccc(C(=O)N3CCN4CCOCC4C3)c2OC)c(=O)c1=O)c1ccccc1. The van der Waals surface area contributed by atoms with E-state index in [1.807, 2.05) is 42.2 Å². The molecule has 3 aromatic rings. The molecule has 2 atom stereocenters. The number of methoxy groups -OCH3 is 1. The molecule has 2 heterocycles. The third kappa shape index (κ3) is 4.84.